The number of aromatic nitrogens is 2. The van der Waals surface area contributed by atoms with Crippen molar-refractivity contribution in [1.82, 2.24) is 14.9 Å². The first-order valence-electron chi connectivity index (χ1n) is 11.3. The molecule has 0 unspecified atom stereocenters. The molecule has 0 radical (unpaired) electrons. The number of esters is 1. The van der Waals surface area contributed by atoms with Gasteiger partial charge in [-0.15, -0.1) is 0 Å². The topological polar surface area (TPSA) is 73.2 Å². The highest BCUT2D eigenvalue weighted by atomic mass is 35.5. The monoisotopic (exact) mass is 507 g/mol. The first kappa shape index (κ1) is 25.0. The number of methoxy groups -OCH3 is 1. The van der Waals surface area contributed by atoms with Crippen molar-refractivity contribution in [1.29, 1.82) is 0 Å². The highest BCUT2D eigenvalue weighted by molar-refractivity contribution is 6.29. The van der Waals surface area contributed by atoms with Crippen LogP contribution >= 0.6 is 11.6 Å². The number of pyridine rings is 1. The molecule has 1 fully saturated rings. The van der Waals surface area contributed by atoms with Gasteiger partial charge < -0.3 is 14.6 Å². The molecule has 0 aliphatic heterocycles. The summed E-state index contributed by atoms with van der Waals surface area (Å²) in [5, 5.41) is 3.43. The predicted molar refractivity (Wildman–Crippen MR) is 125 cm³/mol. The maximum Gasteiger partial charge on any atom is 0.416 e. The fraction of sp³-hybridized carbons (Fsp3) is 0.400. The molecule has 0 saturated heterocycles. The molecule has 1 amide bonds. The lowest BCUT2D eigenvalue weighted by Crippen LogP contribution is -2.33. The zero-order valence-electron chi connectivity index (χ0n) is 19.1. The lowest BCUT2D eigenvalue weighted by Gasteiger charge is -2.27. The smallest absolute Gasteiger partial charge is 0.416 e. The van der Waals surface area contributed by atoms with Gasteiger partial charge in [0, 0.05) is 18.1 Å². The minimum absolute atomic E-state index is 0.0508. The fourth-order valence-corrected chi connectivity index (χ4v) is 4.81. The number of carbonyl (C=O) groups is 2. The Balaban J connectivity index is 1.57. The molecule has 0 spiro atoms. The lowest BCUT2D eigenvalue weighted by atomic mass is 9.82. The number of ether oxygens (including phenoxy) is 1. The third-order valence-electron chi connectivity index (χ3n) is 6.47. The van der Waals surface area contributed by atoms with Crippen LogP contribution in [0.15, 0.2) is 42.6 Å². The zero-order chi connectivity index (χ0) is 25.2. The van der Waals surface area contributed by atoms with Crippen molar-refractivity contribution in [2.45, 2.75) is 38.4 Å². The highest BCUT2D eigenvalue weighted by Crippen LogP contribution is 2.34. The third kappa shape index (κ3) is 5.78. The highest BCUT2D eigenvalue weighted by Gasteiger charge is 2.33. The van der Waals surface area contributed by atoms with Gasteiger partial charge in [0.1, 0.15) is 5.15 Å². The van der Waals surface area contributed by atoms with Gasteiger partial charge >= 0.3 is 12.1 Å². The number of carbonyl (C=O) groups excluding carboxylic acids is 2. The minimum atomic E-state index is -4.59. The van der Waals surface area contributed by atoms with Crippen LogP contribution in [0.4, 0.5) is 13.2 Å². The van der Waals surface area contributed by atoms with Gasteiger partial charge in [-0.05, 0) is 61.9 Å². The largest absolute Gasteiger partial charge is 0.469 e. The zero-order valence-corrected chi connectivity index (χ0v) is 19.8. The van der Waals surface area contributed by atoms with Gasteiger partial charge in [0.25, 0.3) is 5.91 Å². The van der Waals surface area contributed by atoms with Crippen LogP contribution in [-0.2, 0) is 22.3 Å². The number of alkyl halides is 3. The Morgan fingerprint density at radius 2 is 1.91 bits per heavy atom. The van der Waals surface area contributed by atoms with Crippen LogP contribution in [0, 0.1) is 11.8 Å². The first-order chi connectivity index (χ1) is 16.7. The van der Waals surface area contributed by atoms with E-state index in [0.29, 0.717) is 41.1 Å². The van der Waals surface area contributed by atoms with Crippen LogP contribution in [0.1, 0.15) is 47.3 Å². The number of halogens is 4. The Kier molecular flexibility index (Phi) is 7.35. The molecule has 0 atom stereocenters. The summed E-state index contributed by atoms with van der Waals surface area (Å²) in [7, 11) is 1.36. The van der Waals surface area contributed by atoms with Gasteiger partial charge in [0.05, 0.1) is 41.9 Å². The maximum atomic E-state index is 13.6. The second kappa shape index (κ2) is 10.3. The number of rotatable bonds is 6. The van der Waals surface area contributed by atoms with E-state index in [-0.39, 0.29) is 29.9 Å². The number of hydrogen-bond donors (Lipinski definition) is 1. The second-order valence-corrected chi connectivity index (χ2v) is 9.19. The molecule has 2 heterocycles. The SMILES string of the molecule is COC(=O)[C@H]1CC[C@H](CNC(=O)c2cc(C(F)(F)F)cc3ccn(Cc4cccc(Cl)n4)c23)CC1. The number of fused-ring (bicyclic) bond motifs is 1. The molecular formula is C25H25ClF3N3O3. The Bertz CT molecular complexity index is 1230. The van der Waals surface area contributed by atoms with E-state index in [2.05, 4.69) is 10.3 Å². The molecular weight excluding hydrogens is 483 g/mol. The number of benzene rings is 1. The van der Waals surface area contributed by atoms with E-state index < -0.39 is 17.6 Å². The lowest BCUT2D eigenvalue weighted by molar-refractivity contribution is -0.146. The number of nitrogens with zero attached hydrogens (tertiary/aromatic N) is 2. The standard InChI is InChI=1S/C25H25ClF3N3O3/c1-35-24(34)16-7-5-15(6-8-16)13-30-23(33)20-12-18(25(27,28)29)11-17-9-10-32(22(17)20)14-19-3-2-4-21(26)31-19/h2-4,9-12,15-16H,5-8,13-14H2,1H3,(H,30,33)/t15-,16-. The second-order valence-electron chi connectivity index (χ2n) is 8.81. The summed E-state index contributed by atoms with van der Waals surface area (Å²) in [6, 6.07) is 8.62. The van der Waals surface area contributed by atoms with E-state index in [9.17, 15) is 22.8 Å². The van der Waals surface area contributed by atoms with Crippen molar-refractivity contribution in [2.24, 2.45) is 11.8 Å². The molecule has 186 valence electrons. The fourth-order valence-electron chi connectivity index (χ4n) is 4.63. The summed E-state index contributed by atoms with van der Waals surface area (Å²) in [5.74, 6) is -0.800. The van der Waals surface area contributed by atoms with Crippen molar-refractivity contribution in [3.05, 3.63) is 64.6 Å². The van der Waals surface area contributed by atoms with Gasteiger partial charge in [-0.3, -0.25) is 9.59 Å². The molecule has 35 heavy (non-hydrogen) atoms. The summed E-state index contributed by atoms with van der Waals surface area (Å²) >= 11 is 5.97. The third-order valence-corrected chi connectivity index (χ3v) is 6.68. The average Bonchev–Trinajstić information content (AvgIpc) is 3.24. The van der Waals surface area contributed by atoms with Gasteiger partial charge in [-0.25, -0.2) is 4.98 Å². The van der Waals surface area contributed by atoms with E-state index in [4.69, 9.17) is 16.3 Å². The van der Waals surface area contributed by atoms with Crippen molar-refractivity contribution < 1.29 is 27.5 Å². The summed E-state index contributed by atoms with van der Waals surface area (Å²) in [6.07, 6.45) is -0.166. The van der Waals surface area contributed by atoms with Gasteiger partial charge in [0.2, 0.25) is 0 Å². The van der Waals surface area contributed by atoms with Crippen LogP contribution in [-0.4, -0.2) is 35.1 Å². The Hall–Kier alpha value is -3.07. The van der Waals surface area contributed by atoms with Gasteiger partial charge in [-0.2, -0.15) is 13.2 Å². The average molecular weight is 508 g/mol. The van der Waals surface area contributed by atoms with Crippen molar-refractivity contribution in [3.8, 4) is 0 Å². The number of nitrogens with one attached hydrogen (secondary N) is 1. The van der Waals surface area contributed by atoms with Crippen molar-refractivity contribution in [2.75, 3.05) is 13.7 Å². The van der Waals surface area contributed by atoms with E-state index in [0.717, 1.165) is 25.0 Å². The van der Waals surface area contributed by atoms with Crippen LogP contribution in [0.5, 0.6) is 0 Å². The van der Waals surface area contributed by atoms with Crippen LogP contribution in [0.3, 0.4) is 0 Å². The summed E-state index contributed by atoms with van der Waals surface area (Å²) in [5.41, 5.74) is 0.0766. The number of amides is 1. The number of hydrogen-bond acceptors (Lipinski definition) is 4. The van der Waals surface area contributed by atoms with Crippen LogP contribution in [0.25, 0.3) is 10.9 Å². The molecule has 1 aromatic carbocycles. The van der Waals surface area contributed by atoms with Crippen LogP contribution in [0.2, 0.25) is 5.15 Å². The Labute approximate surface area is 205 Å². The molecule has 1 saturated carbocycles. The molecule has 1 aliphatic carbocycles. The van der Waals surface area contributed by atoms with E-state index >= 15 is 0 Å². The van der Waals surface area contributed by atoms with E-state index in [1.807, 2.05) is 0 Å². The van der Waals surface area contributed by atoms with E-state index in [1.54, 1.807) is 35.0 Å². The summed E-state index contributed by atoms with van der Waals surface area (Å²) in [6.45, 7) is 0.564. The normalized spacial score (nSPS) is 18.4. The molecule has 10 heteroatoms. The molecule has 3 aromatic rings. The van der Waals surface area contributed by atoms with E-state index in [1.165, 1.54) is 7.11 Å². The molecule has 1 aliphatic rings. The van der Waals surface area contributed by atoms with Gasteiger partial charge in [0.15, 0.2) is 0 Å². The minimum Gasteiger partial charge on any atom is -0.469 e. The van der Waals surface area contributed by atoms with Crippen molar-refractivity contribution in [3.63, 3.8) is 0 Å². The Morgan fingerprint density at radius 1 is 1.17 bits per heavy atom. The van der Waals surface area contributed by atoms with Crippen molar-refractivity contribution >= 4 is 34.4 Å². The van der Waals surface area contributed by atoms with Crippen LogP contribution < -0.4 is 5.32 Å². The molecule has 2 aromatic heterocycles. The molecule has 1 N–H and O–H groups in total. The summed E-state index contributed by atoms with van der Waals surface area (Å²) < 4.78 is 47.2. The quantitative estimate of drug-likeness (QED) is 0.355. The molecule has 0 bridgehead atoms. The predicted octanol–water partition coefficient (Wildman–Crippen LogP) is 5.47. The summed E-state index contributed by atoms with van der Waals surface area (Å²) in [4.78, 5) is 29.1. The molecule has 6 nitrogen and oxygen atoms in total. The molecule has 4 rings (SSSR count). The first-order valence-corrected chi connectivity index (χ1v) is 11.7. The maximum absolute atomic E-state index is 13.6. The van der Waals surface area contributed by atoms with Gasteiger partial charge in [-0.1, -0.05) is 17.7 Å². The Morgan fingerprint density at radius 3 is 2.57 bits per heavy atom.